The second kappa shape index (κ2) is 5.61. The molecule has 2 aliphatic rings. The average Bonchev–Trinajstić information content (AvgIpc) is 2.92. The largest absolute Gasteiger partial charge is 0.486 e. The van der Waals surface area contributed by atoms with Gasteiger partial charge < -0.3 is 14.8 Å². The number of hydrogen-bond donors (Lipinski definition) is 1. The third-order valence-corrected chi connectivity index (χ3v) is 3.87. The topological polar surface area (TPSA) is 30.5 Å². The van der Waals surface area contributed by atoms with Gasteiger partial charge in [0, 0.05) is 12.1 Å². The van der Waals surface area contributed by atoms with Crippen LogP contribution in [0.2, 0.25) is 0 Å². The van der Waals surface area contributed by atoms with Gasteiger partial charge in [-0.25, -0.2) is 0 Å². The van der Waals surface area contributed by atoms with Gasteiger partial charge in [-0.05, 0) is 31.4 Å². The Bertz CT molecular complexity index is 399. The van der Waals surface area contributed by atoms with Crippen molar-refractivity contribution in [1.29, 1.82) is 0 Å². The summed E-state index contributed by atoms with van der Waals surface area (Å²) < 4.78 is 11.3. The van der Waals surface area contributed by atoms with E-state index in [4.69, 9.17) is 9.47 Å². The molecule has 0 unspecified atom stereocenters. The summed E-state index contributed by atoms with van der Waals surface area (Å²) in [6.07, 6.45) is 5.59. The molecule has 3 nitrogen and oxygen atoms in total. The van der Waals surface area contributed by atoms with Crippen LogP contribution in [-0.4, -0.2) is 19.8 Å². The first-order valence-electron chi connectivity index (χ1n) is 7.02. The van der Waals surface area contributed by atoms with E-state index in [1.54, 1.807) is 0 Å². The van der Waals surface area contributed by atoms with Gasteiger partial charge in [-0.15, -0.1) is 0 Å². The van der Waals surface area contributed by atoms with Crippen molar-refractivity contribution in [3.63, 3.8) is 0 Å². The van der Waals surface area contributed by atoms with Crippen LogP contribution in [0.5, 0.6) is 11.5 Å². The van der Waals surface area contributed by atoms with Gasteiger partial charge in [0.1, 0.15) is 13.2 Å². The summed E-state index contributed by atoms with van der Waals surface area (Å²) in [5.41, 5.74) is 1.21. The van der Waals surface area contributed by atoms with Crippen molar-refractivity contribution in [2.45, 2.75) is 32.2 Å². The van der Waals surface area contributed by atoms with Crippen molar-refractivity contribution in [2.24, 2.45) is 5.92 Å². The lowest BCUT2D eigenvalue weighted by atomic mass is 10.1. The van der Waals surface area contributed by atoms with E-state index in [0.717, 1.165) is 30.5 Å². The molecular formula is C15H21NO2. The highest BCUT2D eigenvalue weighted by Gasteiger charge is 2.17. The molecule has 1 heterocycles. The van der Waals surface area contributed by atoms with Crippen LogP contribution >= 0.6 is 0 Å². The molecule has 1 aliphatic heterocycles. The van der Waals surface area contributed by atoms with E-state index in [2.05, 4.69) is 11.4 Å². The maximum Gasteiger partial charge on any atom is 0.165 e. The van der Waals surface area contributed by atoms with E-state index in [1.807, 2.05) is 12.1 Å². The van der Waals surface area contributed by atoms with Gasteiger partial charge in [0.2, 0.25) is 0 Å². The maximum absolute atomic E-state index is 5.71. The zero-order valence-electron chi connectivity index (χ0n) is 10.8. The second-order valence-corrected chi connectivity index (χ2v) is 5.22. The molecule has 3 heteroatoms. The monoisotopic (exact) mass is 247 g/mol. The van der Waals surface area contributed by atoms with E-state index in [-0.39, 0.29) is 0 Å². The molecule has 1 aromatic rings. The molecule has 0 bridgehead atoms. The fraction of sp³-hybridized carbons (Fsp3) is 0.600. The van der Waals surface area contributed by atoms with Crippen molar-refractivity contribution in [3.05, 3.63) is 23.8 Å². The Morgan fingerprint density at radius 3 is 2.83 bits per heavy atom. The molecule has 0 aromatic heterocycles. The van der Waals surface area contributed by atoms with Crippen LogP contribution in [0.4, 0.5) is 0 Å². The number of para-hydroxylation sites is 1. The Morgan fingerprint density at radius 2 is 1.94 bits per heavy atom. The number of rotatable bonds is 4. The molecule has 0 saturated heterocycles. The molecule has 18 heavy (non-hydrogen) atoms. The van der Waals surface area contributed by atoms with Gasteiger partial charge in [0.05, 0.1) is 0 Å². The SMILES string of the molecule is c1cc(CNCC2CCCC2)c2c(c1)OCCO2. The van der Waals surface area contributed by atoms with E-state index in [1.165, 1.54) is 31.2 Å². The van der Waals surface area contributed by atoms with Gasteiger partial charge in [0.15, 0.2) is 11.5 Å². The van der Waals surface area contributed by atoms with Crippen LogP contribution in [0.15, 0.2) is 18.2 Å². The van der Waals surface area contributed by atoms with Crippen molar-refractivity contribution >= 4 is 0 Å². The minimum Gasteiger partial charge on any atom is -0.486 e. The van der Waals surface area contributed by atoms with E-state index in [9.17, 15) is 0 Å². The predicted molar refractivity (Wildman–Crippen MR) is 71.1 cm³/mol. The number of nitrogens with one attached hydrogen (secondary N) is 1. The van der Waals surface area contributed by atoms with Gasteiger partial charge >= 0.3 is 0 Å². The molecule has 3 rings (SSSR count). The zero-order chi connectivity index (χ0) is 12.2. The number of benzene rings is 1. The zero-order valence-corrected chi connectivity index (χ0v) is 10.8. The molecule has 0 amide bonds. The molecule has 1 fully saturated rings. The highest BCUT2D eigenvalue weighted by molar-refractivity contribution is 5.47. The summed E-state index contributed by atoms with van der Waals surface area (Å²) >= 11 is 0. The standard InChI is InChI=1S/C15H21NO2/c1-2-5-12(4-1)10-16-11-13-6-3-7-14-15(13)18-9-8-17-14/h3,6-7,12,16H,1-2,4-5,8-11H2. The Labute approximate surface area is 108 Å². The number of hydrogen-bond acceptors (Lipinski definition) is 3. The average molecular weight is 247 g/mol. The Hall–Kier alpha value is -1.22. The first-order chi connectivity index (χ1) is 8.93. The minimum atomic E-state index is 0.659. The summed E-state index contributed by atoms with van der Waals surface area (Å²) in [4.78, 5) is 0. The van der Waals surface area contributed by atoms with Crippen molar-refractivity contribution in [1.82, 2.24) is 5.32 Å². The second-order valence-electron chi connectivity index (χ2n) is 5.22. The maximum atomic E-state index is 5.71. The first-order valence-corrected chi connectivity index (χ1v) is 7.02. The lowest BCUT2D eigenvalue weighted by molar-refractivity contribution is 0.169. The smallest absolute Gasteiger partial charge is 0.165 e. The number of ether oxygens (including phenoxy) is 2. The van der Waals surface area contributed by atoms with E-state index >= 15 is 0 Å². The summed E-state index contributed by atoms with van der Waals surface area (Å²) in [5.74, 6) is 2.70. The highest BCUT2D eigenvalue weighted by atomic mass is 16.6. The molecular weight excluding hydrogens is 226 g/mol. The molecule has 1 N–H and O–H groups in total. The Morgan fingerprint density at radius 1 is 1.11 bits per heavy atom. The van der Waals surface area contributed by atoms with Crippen molar-refractivity contribution in [3.8, 4) is 11.5 Å². The highest BCUT2D eigenvalue weighted by Crippen LogP contribution is 2.33. The minimum absolute atomic E-state index is 0.659. The summed E-state index contributed by atoms with van der Waals surface area (Å²) in [6, 6.07) is 6.14. The normalized spacial score (nSPS) is 19.1. The predicted octanol–water partition coefficient (Wildman–Crippen LogP) is 2.74. The van der Waals surface area contributed by atoms with Gasteiger partial charge in [-0.1, -0.05) is 25.0 Å². The molecule has 0 spiro atoms. The van der Waals surface area contributed by atoms with Crippen LogP contribution in [0.1, 0.15) is 31.2 Å². The quantitative estimate of drug-likeness (QED) is 0.887. The van der Waals surface area contributed by atoms with Crippen molar-refractivity contribution in [2.75, 3.05) is 19.8 Å². The lowest BCUT2D eigenvalue weighted by Crippen LogP contribution is -2.22. The van der Waals surface area contributed by atoms with E-state index in [0.29, 0.717) is 13.2 Å². The third kappa shape index (κ3) is 2.61. The molecule has 0 radical (unpaired) electrons. The number of fused-ring (bicyclic) bond motifs is 1. The van der Waals surface area contributed by atoms with Gasteiger partial charge in [-0.3, -0.25) is 0 Å². The van der Waals surface area contributed by atoms with E-state index < -0.39 is 0 Å². The Kier molecular flexibility index (Phi) is 3.69. The molecule has 1 saturated carbocycles. The van der Waals surface area contributed by atoms with Crippen LogP contribution in [0.3, 0.4) is 0 Å². The fourth-order valence-corrected chi connectivity index (χ4v) is 2.90. The summed E-state index contributed by atoms with van der Waals surface area (Å²) in [5, 5.41) is 3.56. The first kappa shape index (κ1) is 11.8. The van der Waals surface area contributed by atoms with Gasteiger partial charge in [0.25, 0.3) is 0 Å². The molecule has 98 valence electrons. The summed E-state index contributed by atoms with van der Waals surface area (Å²) in [7, 11) is 0. The molecule has 1 aliphatic carbocycles. The van der Waals surface area contributed by atoms with Crippen LogP contribution in [0, 0.1) is 5.92 Å². The fourth-order valence-electron chi connectivity index (χ4n) is 2.90. The van der Waals surface area contributed by atoms with Crippen LogP contribution in [0.25, 0.3) is 0 Å². The lowest BCUT2D eigenvalue weighted by Gasteiger charge is -2.21. The molecule has 1 aromatic carbocycles. The van der Waals surface area contributed by atoms with Gasteiger partial charge in [-0.2, -0.15) is 0 Å². The third-order valence-electron chi connectivity index (χ3n) is 3.87. The van der Waals surface area contributed by atoms with Crippen molar-refractivity contribution < 1.29 is 9.47 Å². The van der Waals surface area contributed by atoms with Crippen LogP contribution < -0.4 is 14.8 Å². The van der Waals surface area contributed by atoms with Crippen LogP contribution in [-0.2, 0) is 6.54 Å². The Balaban J connectivity index is 1.58. The molecule has 0 atom stereocenters. The summed E-state index contributed by atoms with van der Waals surface area (Å²) in [6.45, 7) is 3.33.